The van der Waals surface area contributed by atoms with E-state index in [0.29, 0.717) is 16.9 Å². The van der Waals surface area contributed by atoms with E-state index in [-0.39, 0.29) is 11.9 Å². The second-order valence-corrected chi connectivity index (χ2v) is 6.47. The molecule has 26 heavy (non-hydrogen) atoms. The molecule has 0 atom stereocenters. The number of fused-ring (bicyclic) bond motifs is 1. The molecule has 0 saturated heterocycles. The molecule has 0 aliphatic heterocycles. The highest BCUT2D eigenvalue weighted by atomic mass is 16.5. The normalized spacial score (nSPS) is 13.6. The van der Waals surface area contributed by atoms with Crippen LogP contribution in [0.5, 0.6) is 11.5 Å². The van der Waals surface area contributed by atoms with Gasteiger partial charge in [-0.1, -0.05) is 12.1 Å². The summed E-state index contributed by atoms with van der Waals surface area (Å²) in [7, 11) is 1.60. The largest absolute Gasteiger partial charge is 0.497 e. The van der Waals surface area contributed by atoms with Crippen molar-refractivity contribution in [1.29, 1.82) is 0 Å². The fourth-order valence-corrected chi connectivity index (χ4v) is 3.01. The van der Waals surface area contributed by atoms with E-state index in [1.165, 1.54) is 0 Å². The number of methoxy groups -OCH3 is 1. The first-order valence-corrected chi connectivity index (χ1v) is 8.50. The summed E-state index contributed by atoms with van der Waals surface area (Å²) in [6.07, 6.45) is 1.76. The average molecular weight is 350 g/mol. The van der Waals surface area contributed by atoms with E-state index in [1.807, 2.05) is 25.1 Å². The van der Waals surface area contributed by atoms with Crippen molar-refractivity contribution < 1.29 is 18.7 Å². The molecule has 0 N–H and O–H groups in total. The van der Waals surface area contributed by atoms with Crippen LogP contribution in [0.2, 0.25) is 0 Å². The molecule has 1 heterocycles. The first-order valence-electron chi connectivity index (χ1n) is 8.50. The van der Waals surface area contributed by atoms with Crippen LogP contribution >= 0.6 is 0 Å². The third-order valence-electron chi connectivity index (χ3n) is 4.65. The summed E-state index contributed by atoms with van der Waals surface area (Å²) in [5.41, 5.74) is 2.09. The number of hydrogen-bond donors (Lipinski definition) is 0. The Labute approximate surface area is 150 Å². The molecule has 0 spiro atoms. The van der Waals surface area contributed by atoms with Crippen molar-refractivity contribution in [3.63, 3.8) is 0 Å². The van der Waals surface area contributed by atoms with Crippen LogP contribution in [0.3, 0.4) is 0 Å². The summed E-state index contributed by atoms with van der Waals surface area (Å²) in [6.45, 7) is 1.88. The molecule has 1 aromatic heterocycles. The topological polar surface area (TPSA) is 65.7 Å². The third-order valence-corrected chi connectivity index (χ3v) is 4.65. The van der Waals surface area contributed by atoms with Crippen LogP contribution in [0, 0.1) is 12.8 Å². The van der Waals surface area contributed by atoms with E-state index >= 15 is 0 Å². The maximum absolute atomic E-state index is 12.6. The Balaban J connectivity index is 1.75. The fourth-order valence-electron chi connectivity index (χ4n) is 3.01. The molecule has 132 valence electrons. The maximum atomic E-state index is 12.6. The molecule has 0 radical (unpaired) electrons. The van der Waals surface area contributed by atoms with Gasteiger partial charge in [-0.3, -0.25) is 4.79 Å². The van der Waals surface area contributed by atoms with Gasteiger partial charge in [-0.05, 0) is 55.2 Å². The number of esters is 1. The van der Waals surface area contributed by atoms with Crippen LogP contribution in [-0.4, -0.2) is 13.1 Å². The van der Waals surface area contributed by atoms with Gasteiger partial charge in [-0.25, -0.2) is 4.79 Å². The average Bonchev–Trinajstić information content (AvgIpc) is 3.47. The van der Waals surface area contributed by atoms with E-state index in [9.17, 15) is 9.59 Å². The van der Waals surface area contributed by atoms with Crippen molar-refractivity contribution in [3.8, 4) is 22.6 Å². The van der Waals surface area contributed by atoms with Gasteiger partial charge in [0.2, 0.25) is 0 Å². The number of benzene rings is 2. The van der Waals surface area contributed by atoms with E-state index in [4.69, 9.17) is 13.9 Å². The monoisotopic (exact) mass is 350 g/mol. The summed E-state index contributed by atoms with van der Waals surface area (Å²) in [5, 5.41) is 0.807. The van der Waals surface area contributed by atoms with Crippen LogP contribution < -0.4 is 15.1 Å². The zero-order valence-corrected chi connectivity index (χ0v) is 14.6. The van der Waals surface area contributed by atoms with Crippen LogP contribution in [0.15, 0.2) is 51.7 Å². The van der Waals surface area contributed by atoms with Gasteiger partial charge >= 0.3 is 11.6 Å². The van der Waals surface area contributed by atoms with Crippen molar-refractivity contribution in [2.75, 3.05) is 7.11 Å². The van der Waals surface area contributed by atoms with Crippen LogP contribution in [0.25, 0.3) is 22.1 Å². The zero-order valence-electron chi connectivity index (χ0n) is 14.6. The first kappa shape index (κ1) is 16.4. The van der Waals surface area contributed by atoms with Gasteiger partial charge in [-0.2, -0.15) is 0 Å². The van der Waals surface area contributed by atoms with Gasteiger partial charge in [0.25, 0.3) is 0 Å². The Morgan fingerprint density at radius 1 is 1.08 bits per heavy atom. The van der Waals surface area contributed by atoms with Gasteiger partial charge in [-0.15, -0.1) is 0 Å². The highest BCUT2D eigenvalue weighted by Gasteiger charge is 2.31. The maximum Gasteiger partial charge on any atom is 0.344 e. The smallest absolute Gasteiger partial charge is 0.344 e. The SMILES string of the molecule is COc1ccc(-c2c(C)c3ccc(OC(=O)C4CC4)cc3oc2=O)cc1. The Morgan fingerprint density at radius 2 is 1.77 bits per heavy atom. The lowest BCUT2D eigenvalue weighted by atomic mass is 9.99. The van der Waals surface area contributed by atoms with Crippen LogP contribution in [0.4, 0.5) is 0 Å². The molecule has 1 saturated carbocycles. The van der Waals surface area contributed by atoms with Crippen molar-refractivity contribution in [3.05, 3.63) is 58.4 Å². The summed E-state index contributed by atoms with van der Waals surface area (Å²) in [4.78, 5) is 24.4. The Morgan fingerprint density at radius 3 is 2.42 bits per heavy atom. The van der Waals surface area contributed by atoms with E-state index < -0.39 is 5.63 Å². The summed E-state index contributed by atoms with van der Waals surface area (Å²) in [6, 6.07) is 12.4. The van der Waals surface area contributed by atoms with E-state index in [1.54, 1.807) is 31.4 Å². The number of aryl methyl sites for hydroxylation is 1. The third kappa shape index (κ3) is 2.96. The minimum atomic E-state index is -0.425. The minimum Gasteiger partial charge on any atom is -0.497 e. The molecule has 4 rings (SSSR count). The molecule has 1 aliphatic carbocycles. The predicted molar refractivity (Wildman–Crippen MR) is 97.6 cm³/mol. The Bertz CT molecular complexity index is 1040. The molecule has 5 nitrogen and oxygen atoms in total. The molecular formula is C21H18O5. The van der Waals surface area contributed by atoms with Gasteiger partial charge in [0, 0.05) is 11.5 Å². The number of carbonyl (C=O) groups is 1. The van der Waals surface area contributed by atoms with Crippen molar-refractivity contribution in [1.82, 2.24) is 0 Å². The molecule has 0 amide bonds. The molecular weight excluding hydrogens is 332 g/mol. The van der Waals surface area contributed by atoms with Gasteiger partial charge < -0.3 is 13.9 Å². The lowest BCUT2D eigenvalue weighted by Gasteiger charge is -2.10. The lowest BCUT2D eigenvalue weighted by Crippen LogP contribution is -2.10. The van der Waals surface area contributed by atoms with Gasteiger partial charge in [0.1, 0.15) is 17.1 Å². The summed E-state index contributed by atoms with van der Waals surface area (Å²) < 4.78 is 16.0. The Kier molecular flexibility index (Phi) is 3.99. The minimum absolute atomic E-state index is 0.0110. The standard InChI is InChI=1S/C21H18O5/c1-12-17-10-9-16(25-20(22)14-3-4-14)11-18(17)26-21(23)19(12)13-5-7-15(24-2)8-6-13/h5-11,14H,3-4H2,1-2H3. The van der Waals surface area contributed by atoms with E-state index in [2.05, 4.69) is 0 Å². The highest BCUT2D eigenvalue weighted by Crippen LogP contribution is 2.33. The number of ether oxygens (including phenoxy) is 2. The summed E-state index contributed by atoms with van der Waals surface area (Å²) >= 11 is 0. The van der Waals surface area contributed by atoms with Gasteiger partial charge in [0.05, 0.1) is 18.6 Å². The van der Waals surface area contributed by atoms with Crippen molar-refractivity contribution in [2.45, 2.75) is 19.8 Å². The van der Waals surface area contributed by atoms with Crippen LogP contribution in [-0.2, 0) is 4.79 Å². The molecule has 0 bridgehead atoms. The first-order chi connectivity index (χ1) is 12.6. The molecule has 3 aromatic rings. The lowest BCUT2D eigenvalue weighted by molar-refractivity contribution is -0.135. The Hall–Kier alpha value is -3.08. The van der Waals surface area contributed by atoms with E-state index in [0.717, 1.165) is 35.1 Å². The van der Waals surface area contributed by atoms with Crippen LogP contribution in [0.1, 0.15) is 18.4 Å². The van der Waals surface area contributed by atoms with Crippen molar-refractivity contribution >= 4 is 16.9 Å². The number of hydrogen-bond acceptors (Lipinski definition) is 5. The molecule has 1 fully saturated rings. The second-order valence-electron chi connectivity index (χ2n) is 6.47. The fraction of sp³-hybridized carbons (Fsp3) is 0.238. The molecule has 2 aromatic carbocycles. The van der Waals surface area contributed by atoms with Gasteiger partial charge in [0.15, 0.2) is 0 Å². The second kappa shape index (κ2) is 6.33. The quantitative estimate of drug-likeness (QED) is 0.403. The summed E-state index contributed by atoms with van der Waals surface area (Å²) in [5.74, 6) is 0.906. The zero-order chi connectivity index (χ0) is 18.3. The number of carbonyl (C=O) groups excluding carboxylic acids is 1. The predicted octanol–water partition coefficient (Wildman–Crippen LogP) is 4.09. The molecule has 1 aliphatic rings. The van der Waals surface area contributed by atoms with Crippen molar-refractivity contribution in [2.24, 2.45) is 5.92 Å². The number of rotatable bonds is 4. The highest BCUT2D eigenvalue weighted by molar-refractivity contribution is 5.88. The molecule has 5 heteroatoms. The molecule has 0 unspecified atom stereocenters.